The van der Waals surface area contributed by atoms with Crippen molar-refractivity contribution in [1.82, 2.24) is 0 Å². The van der Waals surface area contributed by atoms with Crippen LogP contribution in [-0.4, -0.2) is 26.1 Å². The molecule has 1 N–H and O–H groups in total. The van der Waals surface area contributed by atoms with Crippen molar-refractivity contribution in [3.05, 3.63) is 57.8 Å². The van der Waals surface area contributed by atoms with Crippen molar-refractivity contribution in [1.29, 1.82) is 0 Å². The zero-order valence-electron chi connectivity index (χ0n) is 12.4. The molecule has 120 valence electrons. The summed E-state index contributed by atoms with van der Waals surface area (Å²) in [6.07, 6.45) is 0. The van der Waals surface area contributed by atoms with E-state index in [0.717, 1.165) is 0 Å². The predicted octanol–water partition coefficient (Wildman–Crippen LogP) is 3.64. The summed E-state index contributed by atoms with van der Waals surface area (Å²) in [5.74, 6) is -1.57. The van der Waals surface area contributed by atoms with Crippen molar-refractivity contribution in [2.24, 2.45) is 0 Å². The van der Waals surface area contributed by atoms with Crippen LogP contribution in [0.3, 0.4) is 0 Å². The number of benzene rings is 2. The molecule has 0 spiro atoms. The van der Waals surface area contributed by atoms with Gasteiger partial charge < -0.3 is 14.8 Å². The van der Waals surface area contributed by atoms with Gasteiger partial charge in [-0.1, -0.05) is 15.9 Å². The summed E-state index contributed by atoms with van der Waals surface area (Å²) in [6, 6.07) is 8.50. The number of methoxy groups -OCH3 is 2. The van der Waals surface area contributed by atoms with E-state index >= 15 is 0 Å². The van der Waals surface area contributed by atoms with E-state index in [0.29, 0.717) is 10.2 Å². The largest absolute Gasteiger partial charge is 0.497 e. The first kappa shape index (κ1) is 17.0. The van der Waals surface area contributed by atoms with Crippen LogP contribution in [0.1, 0.15) is 20.7 Å². The number of carbonyl (C=O) groups excluding carboxylic acids is 2. The first-order valence-corrected chi connectivity index (χ1v) is 7.28. The molecule has 7 heteroatoms. The summed E-state index contributed by atoms with van der Waals surface area (Å²) in [5, 5.41) is 2.51. The summed E-state index contributed by atoms with van der Waals surface area (Å²) in [4.78, 5) is 24.1. The van der Waals surface area contributed by atoms with Gasteiger partial charge in [0.1, 0.15) is 11.6 Å². The number of anilines is 1. The third-order valence-corrected chi connectivity index (χ3v) is 3.55. The average Bonchev–Trinajstić information content (AvgIpc) is 2.56. The molecule has 0 fully saturated rings. The molecule has 2 rings (SSSR count). The molecule has 0 aliphatic rings. The molecule has 2 aromatic rings. The van der Waals surface area contributed by atoms with Crippen molar-refractivity contribution in [2.45, 2.75) is 0 Å². The Morgan fingerprint density at radius 2 is 1.83 bits per heavy atom. The lowest BCUT2D eigenvalue weighted by atomic mass is 10.1. The maximum atomic E-state index is 13.8. The van der Waals surface area contributed by atoms with Crippen molar-refractivity contribution >= 4 is 33.5 Å². The van der Waals surface area contributed by atoms with Gasteiger partial charge in [-0.2, -0.15) is 0 Å². The molecule has 0 heterocycles. The number of amides is 1. The van der Waals surface area contributed by atoms with E-state index in [-0.39, 0.29) is 16.8 Å². The number of hydrogen-bond donors (Lipinski definition) is 1. The maximum absolute atomic E-state index is 13.8. The third-order valence-electron chi connectivity index (χ3n) is 3.05. The van der Waals surface area contributed by atoms with Gasteiger partial charge in [-0.3, -0.25) is 4.79 Å². The standard InChI is InChI=1S/C16H13BrFNO4/c1-22-10-4-6-14(12(8-10)16(21)23-2)19-15(20)11-7-9(17)3-5-13(11)18/h3-8H,1-2H3,(H,19,20). The molecule has 0 aromatic heterocycles. The van der Waals surface area contributed by atoms with E-state index in [2.05, 4.69) is 26.0 Å². The number of ether oxygens (including phenoxy) is 2. The number of halogens is 2. The minimum atomic E-state index is -0.681. The van der Waals surface area contributed by atoms with Crippen LogP contribution in [-0.2, 0) is 4.74 Å². The summed E-state index contributed by atoms with van der Waals surface area (Å²) < 4.78 is 24.1. The quantitative estimate of drug-likeness (QED) is 0.821. The van der Waals surface area contributed by atoms with Gasteiger partial charge in [0, 0.05) is 4.47 Å². The van der Waals surface area contributed by atoms with Crippen molar-refractivity contribution in [2.75, 3.05) is 19.5 Å². The number of esters is 1. The van der Waals surface area contributed by atoms with Crippen LogP contribution in [0.15, 0.2) is 40.9 Å². The zero-order valence-corrected chi connectivity index (χ0v) is 13.9. The van der Waals surface area contributed by atoms with Crippen LogP contribution in [0, 0.1) is 5.82 Å². The summed E-state index contributed by atoms with van der Waals surface area (Å²) in [7, 11) is 2.67. The lowest BCUT2D eigenvalue weighted by Crippen LogP contribution is -2.17. The van der Waals surface area contributed by atoms with E-state index in [1.807, 2.05) is 0 Å². The van der Waals surface area contributed by atoms with Gasteiger partial charge in [0.05, 0.1) is 31.0 Å². The Morgan fingerprint density at radius 3 is 2.48 bits per heavy atom. The minimum absolute atomic E-state index is 0.107. The second-order valence-corrected chi connectivity index (χ2v) is 5.40. The second kappa shape index (κ2) is 7.23. The maximum Gasteiger partial charge on any atom is 0.340 e. The van der Waals surface area contributed by atoms with Gasteiger partial charge in [-0.25, -0.2) is 9.18 Å². The molecule has 0 bridgehead atoms. The Hall–Kier alpha value is -2.41. The van der Waals surface area contributed by atoms with Crippen LogP contribution >= 0.6 is 15.9 Å². The monoisotopic (exact) mass is 381 g/mol. The van der Waals surface area contributed by atoms with E-state index in [1.165, 1.54) is 44.6 Å². The third kappa shape index (κ3) is 3.87. The number of rotatable bonds is 4. The SMILES string of the molecule is COC(=O)c1cc(OC)ccc1NC(=O)c1cc(Br)ccc1F. The van der Waals surface area contributed by atoms with Crippen molar-refractivity contribution in [3.63, 3.8) is 0 Å². The van der Waals surface area contributed by atoms with Crippen LogP contribution < -0.4 is 10.1 Å². The van der Waals surface area contributed by atoms with Gasteiger partial charge in [0.15, 0.2) is 0 Å². The van der Waals surface area contributed by atoms with Crippen LogP contribution in [0.2, 0.25) is 0 Å². The van der Waals surface area contributed by atoms with Crippen LogP contribution in [0.4, 0.5) is 10.1 Å². The molecule has 0 radical (unpaired) electrons. The first-order valence-electron chi connectivity index (χ1n) is 6.49. The second-order valence-electron chi connectivity index (χ2n) is 4.48. The Morgan fingerprint density at radius 1 is 1.09 bits per heavy atom. The molecule has 0 aliphatic heterocycles. The van der Waals surface area contributed by atoms with Crippen LogP contribution in [0.25, 0.3) is 0 Å². The average molecular weight is 382 g/mol. The molecule has 0 aliphatic carbocycles. The van der Waals surface area contributed by atoms with Gasteiger partial charge in [-0.05, 0) is 36.4 Å². The highest BCUT2D eigenvalue weighted by molar-refractivity contribution is 9.10. The predicted molar refractivity (Wildman–Crippen MR) is 86.4 cm³/mol. The normalized spacial score (nSPS) is 10.1. The lowest BCUT2D eigenvalue weighted by Gasteiger charge is -2.12. The molecular weight excluding hydrogens is 369 g/mol. The molecule has 0 unspecified atom stereocenters. The number of carbonyl (C=O) groups is 2. The highest BCUT2D eigenvalue weighted by Crippen LogP contribution is 2.24. The number of nitrogens with one attached hydrogen (secondary N) is 1. The molecule has 1 amide bonds. The van der Waals surface area contributed by atoms with Crippen LogP contribution in [0.5, 0.6) is 5.75 Å². The summed E-state index contributed by atoms with van der Waals surface area (Å²) in [6.45, 7) is 0. The molecule has 2 aromatic carbocycles. The van der Waals surface area contributed by atoms with Gasteiger partial charge in [0.2, 0.25) is 0 Å². The minimum Gasteiger partial charge on any atom is -0.497 e. The van der Waals surface area contributed by atoms with Gasteiger partial charge in [0.25, 0.3) is 5.91 Å². The van der Waals surface area contributed by atoms with E-state index in [4.69, 9.17) is 4.74 Å². The number of hydrogen-bond acceptors (Lipinski definition) is 4. The Balaban J connectivity index is 2.37. The first-order chi connectivity index (χ1) is 11.0. The smallest absolute Gasteiger partial charge is 0.340 e. The fourth-order valence-corrected chi connectivity index (χ4v) is 2.26. The highest BCUT2D eigenvalue weighted by atomic mass is 79.9. The van der Waals surface area contributed by atoms with Gasteiger partial charge in [-0.15, -0.1) is 0 Å². The summed E-state index contributed by atoms with van der Waals surface area (Å²) >= 11 is 3.18. The molecule has 5 nitrogen and oxygen atoms in total. The molecule has 23 heavy (non-hydrogen) atoms. The van der Waals surface area contributed by atoms with E-state index in [1.54, 1.807) is 6.07 Å². The van der Waals surface area contributed by atoms with E-state index < -0.39 is 17.7 Å². The van der Waals surface area contributed by atoms with E-state index in [9.17, 15) is 14.0 Å². The molecular formula is C16H13BrFNO4. The lowest BCUT2D eigenvalue weighted by molar-refractivity contribution is 0.0601. The highest BCUT2D eigenvalue weighted by Gasteiger charge is 2.18. The van der Waals surface area contributed by atoms with Crippen molar-refractivity contribution < 1.29 is 23.5 Å². The summed E-state index contributed by atoms with van der Waals surface area (Å²) in [5.41, 5.74) is 0.156. The Kier molecular flexibility index (Phi) is 5.33. The zero-order chi connectivity index (χ0) is 17.0. The fraction of sp³-hybridized carbons (Fsp3) is 0.125. The molecule has 0 saturated heterocycles. The topological polar surface area (TPSA) is 64.6 Å². The van der Waals surface area contributed by atoms with Crippen molar-refractivity contribution in [3.8, 4) is 5.75 Å². The fourth-order valence-electron chi connectivity index (χ4n) is 1.90. The molecule has 0 saturated carbocycles. The Labute approximate surface area is 140 Å². The van der Waals surface area contributed by atoms with Gasteiger partial charge >= 0.3 is 5.97 Å². The Bertz CT molecular complexity index is 764. The molecule has 0 atom stereocenters.